The lowest BCUT2D eigenvalue weighted by molar-refractivity contribution is -0.141. The van der Waals surface area contributed by atoms with E-state index in [1.54, 1.807) is 0 Å². The van der Waals surface area contributed by atoms with E-state index < -0.39 is 11.9 Å². The summed E-state index contributed by atoms with van der Waals surface area (Å²) in [6.45, 7) is 0.309. The average molecular weight is 318 g/mol. The molecule has 118 valence electrons. The van der Waals surface area contributed by atoms with Crippen LogP contribution in [0.15, 0.2) is 0 Å². The summed E-state index contributed by atoms with van der Waals surface area (Å²) < 4.78 is 39.5. The number of rotatable bonds is 4. The first-order valence-corrected chi connectivity index (χ1v) is 8.66. The second-order valence-electron chi connectivity index (χ2n) is 6.17. The van der Waals surface area contributed by atoms with Crippen LogP contribution in [0.2, 0.25) is 0 Å². The van der Waals surface area contributed by atoms with Crippen molar-refractivity contribution in [1.82, 2.24) is 10.3 Å². The van der Waals surface area contributed by atoms with Gasteiger partial charge in [0.15, 0.2) is 5.69 Å². The Morgan fingerprint density at radius 2 is 1.71 bits per heavy atom. The number of hydrogen-bond donors (Lipinski definition) is 1. The maximum absolute atomic E-state index is 13.2. The highest BCUT2D eigenvalue weighted by molar-refractivity contribution is 7.11. The Bertz CT molecular complexity index is 472. The molecule has 0 atom stereocenters. The predicted octanol–water partition coefficient (Wildman–Crippen LogP) is 4.85. The zero-order chi connectivity index (χ0) is 14.9. The molecule has 0 radical (unpaired) electrons. The van der Waals surface area contributed by atoms with Crippen molar-refractivity contribution in [2.45, 2.75) is 76.0 Å². The first kappa shape index (κ1) is 15.3. The SMILES string of the molecule is FC(F)(F)c1nc(C2CCCCCC2)sc1CNC1CC1. The van der Waals surface area contributed by atoms with Gasteiger partial charge in [0.1, 0.15) is 0 Å². The van der Waals surface area contributed by atoms with Crippen molar-refractivity contribution in [3.8, 4) is 0 Å². The molecule has 1 heterocycles. The van der Waals surface area contributed by atoms with Crippen LogP contribution >= 0.6 is 11.3 Å². The molecule has 0 aromatic carbocycles. The van der Waals surface area contributed by atoms with Gasteiger partial charge in [-0.15, -0.1) is 11.3 Å². The summed E-state index contributed by atoms with van der Waals surface area (Å²) in [5, 5.41) is 3.89. The number of nitrogens with zero attached hydrogens (tertiary/aromatic N) is 1. The largest absolute Gasteiger partial charge is 0.434 e. The zero-order valence-corrected chi connectivity index (χ0v) is 12.8. The average Bonchev–Trinajstić information content (AvgIpc) is 3.20. The number of hydrogen-bond acceptors (Lipinski definition) is 3. The molecule has 1 N–H and O–H groups in total. The van der Waals surface area contributed by atoms with Crippen molar-refractivity contribution < 1.29 is 13.2 Å². The molecule has 2 fully saturated rings. The van der Waals surface area contributed by atoms with E-state index in [4.69, 9.17) is 0 Å². The molecule has 0 spiro atoms. The Morgan fingerprint density at radius 1 is 1.05 bits per heavy atom. The van der Waals surface area contributed by atoms with Crippen LogP contribution < -0.4 is 5.32 Å². The van der Waals surface area contributed by atoms with Gasteiger partial charge in [-0.3, -0.25) is 0 Å². The van der Waals surface area contributed by atoms with Crippen molar-refractivity contribution in [2.24, 2.45) is 0 Å². The van der Waals surface area contributed by atoms with Crippen LogP contribution in [-0.4, -0.2) is 11.0 Å². The van der Waals surface area contributed by atoms with E-state index in [2.05, 4.69) is 10.3 Å². The second kappa shape index (κ2) is 6.24. The number of alkyl halides is 3. The lowest BCUT2D eigenvalue weighted by Crippen LogP contribution is -2.18. The number of thiazole rings is 1. The Labute approximate surface area is 127 Å². The van der Waals surface area contributed by atoms with E-state index in [0.29, 0.717) is 22.5 Å². The molecule has 1 aromatic rings. The molecule has 0 saturated heterocycles. The molecular weight excluding hydrogens is 297 g/mol. The van der Waals surface area contributed by atoms with E-state index in [1.807, 2.05) is 0 Å². The van der Waals surface area contributed by atoms with Gasteiger partial charge in [0.05, 0.1) is 9.88 Å². The Balaban J connectivity index is 1.79. The third-order valence-electron chi connectivity index (χ3n) is 4.32. The van der Waals surface area contributed by atoms with Crippen molar-refractivity contribution in [3.63, 3.8) is 0 Å². The Kier molecular flexibility index (Phi) is 4.54. The van der Waals surface area contributed by atoms with Gasteiger partial charge in [0, 0.05) is 18.5 Å². The van der Waals surface area contributed by atoms with Gasteiger partial charge in [-0.1, -0.05) is 25.7 Å². The maximum Gasteiger partial charge on any atom is 0.434 e. The van der Waals surface area contributed by atoms with Crippen LogP contribution in [0.4, 0.5) is 13.2 Å². The highest BCUT2D eigenvalue weighted by atomic mass is 32.1. The summed E-state index contributed by atoms with van der Waals surface area (Å²) in [4.78, 5) is 4.37. The van der Waals surface area contributed by atoms with Gasteiger partial charge in [0.2, 0.25) is 0 Å². The normalized spacial score (nSPS) is 21.5. The first-order chi connectivity index (χ1) is 10.0. The zero-order valence-electron chi connectivity index (χ0n) is 12.0. The van der Waals surface area contributed by atoms with Crippen LogP contribution in [-0.2, 0) is 12.7 Å². The molecule has 0 bridgehead atoms. The first-order valence-electron chi connectivity index (χ1n) is 7.84. The minimum Gasteiger partial charge on any atom is -0.309 e. The Hall–Kier alpha value is -0.620. The van der Waals surface area contributed by atoms with Gasteiger partial charge >= 0.3 is 6.18 Å². The van der Waals surface area contributed by atoms with E-state index in [9.17, 15) is 13.2 Å². The smallest absolute Gasteiger partial charge is 0.309 e. The molecule has 2 aliphatic rings. The van der Waals surface area contributed by atoms with Gasteiger partial charge < -0.3 is 5.32 Å². The van der Waals surface area contributed by atoms with E-state index in [0.717, 1.165) is 38.5 Å². The number of aromatic nitrogens is 1. The molecule has 3 rings (SSSR count). The lowest BCUT2D eigenvalue weighted by Gasteiger charge is -2.09. The number of nitrogens with one attached hydrogen (secondary N) is 1. The maximum atomic E-state index is 13.2. The molecule has 2 nitrogen and oxygen atoms in total. The quantitative estimate of drug-likeness (QED) is 0.803. The standard InChI is InChI=1S/C15H21F3N2S/c16-15(17,18)13-12(9-19-11-7-8-11)21-14(20-13)10-5-3-1-2-4-6-10/h10-11,19H,1-9H2. The molecule has 21 heavy (non-hydrogen) atoms. The number of halogens is 3. The van der Waals surface area contributed by atoms with Crippen molar-refractivity contribution in [3.05, 3.63) is 15.6 Å². The van der Waals surface area contributed by atoms with Crippen LogP contribution in [0, 0.1) is 0 Å². The summed E-state index contributed by atoms with van der Waals surface area (Å²) in [6.07, 6.45) is 4.42. The summed E-state index contributed by atoms with van der Waals surface area (Å²) in [5.74, 6) is 0.230. The van der Waals surface area contributed by atoms with Crippen molar-refractivity contribution in [2.75, 3.05) is 0 Å². The van der Waals surface area contributed by atoms with Gasteiger partial charge in [-0.25, -0.2) is 4.98 Å². The van der Waals surface area contributed by atoms with E-state index in [-0.39, 0.29) is 5.92 Å². The topological polar surface area (TPSA) is 24.9 Å². The summed E-state index contributed by atoms with van der Waals surface area (Å²) in [5.41, 5.74) is -0.653. The Morgan fingerprint density at radius 3 is 2.29 bits per heavy atom. The fraction of sp³-hybridized carbons (Fsp3) is 0.800. The highest BCUT2D eigenvalue weighted by Gasteiger charge is 2.38. The van der Waals surface area contributed by atoms with Crippen LogP contribution in [0.3, 0.4) is 0 Å². The van der Waals surface area contributed by atoms with Gasteiger partial charge in [-0.05, 0) is 25.7 Å². The van der Waals surface area contributed by atoms with Crippen LogP contribution in [0.5, 0.6) is 0 Å². The van der Waals surface area contributed by atoms with Gasteiger partial charge in [0.25, 0.3) is 0 Å². The second-order valence-corrected chi connectivity index (χ2v) is 7.28. The van der Waals surface area contributed by atoms with Crippen molar-refractivity contribution >= 4 is 11.3 Å². The summed E-state index contributed by atoms with van der Waals surface area (Å²) in [6, 6.07) is 0.412. The third-order valence-corrected chi connectivity index (χ3v) is 5.53. The fourth-order valence-corrected chi connectivity index (χ4v) is 4.14. The molecule has 6 heteroatoms. The van der Waals surface area contributed by atoms with E-state index >= 15 is 0 Å². The van der Waals surface area contributed by atoms with Gasteiger partial charge in [-0.2, -0.15) is 13.2 Å². The van der Waals surface area contributed by atoms with E-state index in [1.165, 1.54) is 24.2 Å². The summed E-state index contributed by atoms with van der Waals surface area (Å²) >= 11 is 1.28. The minimum absolute atomic E-state index is 0.230. The van der Waals surface area contributed by atoms with Crippen molar-refractivity contribution in [1.29, 1.82) is 0 Å². The fourth-order valence-electron chi connectivity index (χ4n) is 2.94. The molecule has 2 aliphatic carbocycles. The molecular formula is C15H21F3N2S. The third kappa shape index (κ3) is 3.97. The molecule has 2 saturated carbocycles. The summed E-state index contributed by atoms with van der Waals surface area (Å²) in [7, 11) is 0. The molecule has 0 aliphatic heterocycles. The lowest BCUT2D eigenvalue weighted by atomic mass is 10.0. The minimum atomic E-state index is -4.33. The molecule has 1 aromatic heterocycles. The van der Waals surface area contributed by atoms with Crippen LogP contribution in [0.1, 0.15) is 72.9 Å². The predicted molar refractivity (Wildman–Crippen MR) is 77.4 cm³/mol. The monoisotopic (exact) mass is 318 g/mol. The van der Waals surface area contributed by atoms with Crippen LogP contribution in [0.25, 0.3) is 0 Å². The molecule has 0 amide bonds. The molecule has 0 unspecified atom stereocenters. The highest BCUT2D eigenvalue weighted by Crippen LogP contribution is 2.40.